The Labute approximate surface area is 116 Å². The molecule has 0 aliphatic carbocycles. The molecule has 1 aliphatic heterocycles. The number of nitrogens with zero attached hydrogens (tertiary/aromatic N) is 1. The number of ether oxygens (including phenoxy) is 1. The summed E-state index contributed by atoms with van der Waals surface area (Å²) in [6.07, 6.45) is 2.06. The van der Waals surface area contributed by atoms with Gasteiger partial charge >= 0.3 is 0 Å². The molecule has 13 heavy (non-hydrogen) atoms. The van der Waals surface area contributed by atoms with Crippen molar-refractivity contribution in [3.8, 4) is 0 Å². The van der Waals surface area contributed by atoms with E-state index >= 15 is 0 Å². The maximum Gasteiger partial charge on any atom is 0.288 e. The molecule has 0 amide bonds. The van der Waals surface area contributed by atoms with Crippen LogP contribution in [0.25, 0.3) is 5.32 Å². The number of hydrogen-bond acceptors (Lipinski definition) is 2. The number of hydrogen-bond donors (Lipinski definition) is 0. The average molecular weight is 397 g/mol. The summed E-state index contributed by atoms with van der Waals surface area (Å²) in [6.45, 7) is 5.20. The molecule has 73 valence electrons. The predicted octanol–water partition coefficient (Wildman–Crippen LogP) is 1.72. The van der Waals surface area contributed by atoms with Crippen LogP contribution in [-0.2, 0) is 9.53 Å². The Bertz CT molecular complexity index is 164. The molecule has 1 fully saturated rings. The summed E-state index contributed by atoms with van der Waals surface area (Å²) in [5.41, 5.74) is 0. The van der Waals surface area contributed by atoms with Crippen molar-refractivity contribution in [2.24, 2.45) is 5.92 Å². The molecule has 0 aromatic carbocycles. The monoisotopic (exact) mass is 397 g/mol. The van der Waals surface area contributed by atoms with Crippen LogP contribution in [0.15, 0.2) is 0 Å². The normalized spacial score (nSPS) is 26.6. The largest absolute Gasteiger partial charge is 0.650 e. The summed E-state index contributed by atoms with van der Waals surface area (Å²) in [5, 5.41) is 4.23. The molecule has 3 nitrogen and oxygen atoms in total. The van der Waals surface area contributed by atoms with Gasteiger partial charge in [0.2, 0.25) is 0 Å². The Morgan fingerprint density at radius 1 is 1.54 bits per heavy atom. The number of carbonyl (C=O) groups excluding carboxylic acids is 1. The van der Waals surface area contributed by atoms with Gasteiger partial charge in [-0.15, -0.1) is 6.54 Å². The Morgan fingerprint density at radius 3 is 2.77 bits per heavy atom. The summed E-state index contributed by atoms with van der Waals surface area (Å²) in [6, 6.07) is -0.171. The SMILES string of the molecule is CCOC(=O)[C@@H]1[N-]CC[C@H]1CC.[Ac]. The van der Waals surface area contributed by atoms with Gasteiger partial charge in [0.15, 0.2) is 0 Å². The van der Waals surface area contributed by atoms with E-state index in [9.17, 15) is 4.79 Å². The van der Waals surface area contributed by atoms with Crippen molar-refractivity contribution in [3.63, 3.8) is 0 Å². The van der Waals surface area contributed by atoms with E-state index in [-0.39, 0.29) is 56.1 Å². The molecule has 0 unspecified atom stereocenters. The van der Waals surface area contributed by atoms with Gasteiger partial charge in [-0.25, -0.2) is 0 Å². The van der Waals surface area contributed by atoms with Crippen molar-refractivity contribution >= 4 is 5.97 Å². The minimum Gasteiger partial charge on any atom is -0.650 e. The molecule has 4 heteroatoms. The van der Waals surface area contributed by atoms with Gasteiger partial charge in [0.05, 0.1) is 6.61 Å². The fourth-order valence-corrected chi connectivity index (χ4v) is 1.61. The van der Waals surface area contributed by atoms with Crippen molar-refractivity contribution in [1.29, 1.82) is 0 Å². The van der Waals surface area contributed by atoms with Gasteiger partial charge in [0.25, 0.3) is 5.97 Å². The Kier molecular flexibility index (Phi) is 7.68. The fourth-order valence-electron chi connectivity index (χ4n) is 1.61. The summed E-state index contributed by atoms with van der Waals surface area (Å²) in [7, 11) is 0. The van der Waals surface area contributed by atoms with E-state index in [2.05, 4.69) is 12.2 Å². The van der Waals surface area contributed by atoms with Crippen LogP contribution < -0.4 is 0 Å². The summed E-state index contributed by atoms with van der Waals surface area (Å²) in [4.78, 5) is 11.3. The Hall–Kier alpha value is 0.872. The zero-order valence-corrected chi connectivity index (χ0v) is 13.1. The van der Waals surface area contributed by atoms with Gasteiger partial charge in [-0.2, -0.15) is 0 Å². The van der Waals surface area contributed by atoms with E-state index in [0.29, 0.717) is 12.5 Å². The average Bonchev–Trinajstić information content (AvgIpc) is 2.51. The quantitative estimate of drug-likeness (QED) is 0.681. The standard InChI is InChI=1S/C9H16NO2.Ac/c1-3-7-5-6-10-8(7)9(11)12-4-2;/h7-8H,3-6H2,1-2H3;/q-1;/t7-,8-;/m1./s1. The molecule has 1 rings (SSSR count). The van der Waals surface area contributed by atoms with E-state index in [1.807, 2.05) is 6.92 Å². The zero-order valence-electron chi connectivity index (χ0n) is 8.32. The molecule has 1 aliphatic rings. The molecule has 1 radical (unpaired) electrons. The maximum atomic E-state index is 11.3. The first-order valence-corrected chi connectivity index (χ1v) is 4.62. The second-order valence-electron chi connectivity index (χ2n) is 3.06. The van der Waals surface area contributed by atoms with Gasteiger partial charge in [-0.3, -0.25) is 4.79 Å². The molecule has 0 aromatic heterocycles. The van der Waals surface area contributed by atoms with Crippen molar-refractivity contribution in [1.82, 2.24) is 0 Å². The van der Waals surface area contributed by atoms with Crippen LogP contribution in [-0.4, -0.2) is 25.2 Å². The summed E-state index contributed by atoms with van der Waals surface area (Å²) < 4.78 is 4.93. The van der Waals surface area contributed by atoms with Crippen molar-refractivity contribution < 1.29 is 53.6 Å². The summed E-state index contributed by atoms with van der Waals surface area (Å²) in [5.74, 6) is 0.283. The predicted molar refractivity (Wildman–Crippen MR) is 47.0 cm³/mol. The molecule has 0 N–H and O–H groups in total. The second kappa shape index (κ2) is 7.20. The minimum atomic E-state index is -0.171. The first kappa shape index (κ1) is 13.9. The molecule has 0 bridgehead atoms. The Morgan fingerprint density at radius 2 is 2.23 bits per heavy atom. The molecule has 0 aromatic rings. The number of rotatable bonds is 3. The fraction of sp³-hybridized carbons (Fsp3) is 0.889. The van der Waals surface area contributed by atoms with Crippen molar-refractivity contribution in [2.75, 3.05) is 13.2 Å². The Balaban J connectivity index is 0.00000144. The van der Waals surface area contributed by atoms with Gasteiger partial charge < -0.3 is 10.1 Å². The molecule has 1 heterocycles. The van der Waals surface area contributed by atoms with Crippen LogP contribution in [0.4, 0.5) is 0 Å². The molecule has 2 atom stereocenters. The van der Waals surface area contributed by atoms with Crippen LogP contribution in [0.3, 0.4) is 0 Å². The molecular weight excluding hydrogens is 381 g/mol. The van der Waals surface area contributed by atoms with Crippen LogP contribution in [0.1, 0.15) is 26.7 Å². The third kappa shape index (κ3) is 3.85. The van der Waals surface area contributed by atoms with Gasteiger partial charge in [0.1, 0.15) is 0 Å². The number of carbonyl (C=O) groups is 1. The van der Waals surface area contributed by atoms with Crippen LogP contribution >= 0.6 is 0 Å². The second-order valence-corrected chi connectivity index (χ2v) is 3.06. The number of esters is 1. The van der Waals surface area contributed by atoms with Gasteiger partial charge in [-0.05, 0) is 18.9 Å². The molecule has 0 spiro atoms. The first-order valence-electron chi connectivity index (χ1n) is 4.62. The molecule has 0 saturated carbocycles. The van der Waals surface area contributed by atoms with E-state index in [0.717, 1.165) is 19.4 Å². The zero-order chi connectivity index (χ0) is 8.97. The topological polar surface area (TPSA) is 40.4 Å². The third-order valence-electron chi connectivity index (χ3n) is 2.32. The first-order chi connectivity index (χ1) is 5.79. The van der Waals surface area contributed by atoms with E-state index in [1.54, 1.807) is 0 Å². The van der Waals surface area contributed by atoms with E-state index < -0.39 is 0 Å². The van der Waals surface area contributed by atoms with E-state index in [4.69, 9.17) is 4.74 Å². The maximum absolute atomic E-state index is 11.3. The molecular formula is C9H16AcNO2-. The van der Waals surface area contributed by atoms with Crippen LogP contribution in [0.5, 0.6) is 0 Å². The molecule has 1 saturated heterocycles. The van der Waals surface area contributed by atoms with E-state index in [1.165, 1.54) is 0 Å². The van der Waals surface area contributed by atoms with Crippen LogP contribution in [0, 0.1) is 50.0 Å². The van der Waals surface area contributed by atoms with Gasteiger partial charge in [-0.1, -0.05) is 19.8 Å². The van der Waals surface area contributed by atoms with Crippen molar-refractivity contribution in [3.05, 3.63) is 5.32 Å². The third-order valence-corrected chi connectivity index (χ3v) is 2.32. The van der Waals surface area contributed by atoms with Crippen molar-refractivity contribution in [2.45, 2.75) is 32.7 Å². The summed E-state index contributed by atoms with van der Waals surface area (Å²) >= 11 is 0. The van der Waals surface area contributed by atoms with Crippen LogP contribution in [0.2, 0.25) is 0 Å². The van der Waals surface area contributed by atoms with Gasteiger partial charge in [0, 0.05) is 44.1 Å². The smallest absolute Gasteiger partial charge is 0.288 e. The minimum absolute atomic E-state index is 0.